The lowest BCUT2D eigenvalue weighted by atomic mass is 9.33. The van der Waals surface area contributed by atoms with E-state index in [1.54, 1.807) is 6.92 Å². The maximum atomic E-state index is 16.1. The SMILES string of the molecule is C[C@@H]1O[C@@H](O[C@H]2[C@H](OC(=O)[C@]34CCC(C)(C)C[C@H]3C3=CC[C@@H]5[C@@]6(C)CC[C@H](O[C@@H]7O[C@H](C(=O)O)[C@@H](O)[C@H](O[C@@H]8OC[C@@H](O)[C@H](O)[C@H]8O)[C@H]7O[C@@H]7O[C@H](CO)[C@H](O)[C@H](O)[C@H]7O)[C@@](C)(C=O)[C@@H]6CC[C@@]5(C)[C@]3(C)CC4)O[C@H](C)[C@H](O[C@@H]3O[C@H](C)[C@@H](O)[C@H](O)[C@H]3O)[C@@H]2O)[C@H](O)[C@H](O)[C@H]1O[C@@H]1OC[C@@H](O)[C@H](O[C@@H]2OC[C@@H](O)[C@H](O)[C@H]2O)[C@H]1O. The van der Waals surface area contributed by atoms with Gasteiger partial charge in [-0.15, -0.1) is 0 Å². The number of carboxylic acid groups (broad SMARTS) is 1. The maximum Gasteiger partial charge on any atom is 0.335 e. The van der Waals surface area contributed by atoms with Crippen LogP contribution in [-0.2, 0) is 90.2 Å². The Morgan fingerprint density at radius 1 is 0.447 bits per heavy atom. The van der Waals surface area contributed by atoms with E-state index < -0.39 is 311 Å². The summed E-state index contributed by atoms with van der Waals surface area (Å²) in [5.74, 6) is -3.53. The molecule has 0 aromatic rings. The average molecular weight is 1640 g/mol. The molecule has 114 heavy (non-hydrogen) atoms. The molecule has 39 nitrogen and oxygen atoms in total. The highest BCUT2D eigenvalue weighted by molar-refractivity contribution is 5.79. The topological polar surface area (TPSA) is 603 Å². The van der Waals surface area contributed by atoms with Crippen LogP contribution in [0.25, 0.3) is 0 Å². The second-order valence-corrected chi connectivity index (χ2v) is 35.8. The van der Waals surface area contributed by atoms with Crippen molar-refractivity contribution in [2.75, 3.05) is 26.4 Å². The van der Waals surface area contributed by atoms with Crippen molar-refractivity contribution in [2.24, 2.45) is 50.2 Å². The van der Waals surface area contributed by atoms with E-state index in [2.05, 4.69) is 40.7 Å². The summed E-state index contributed by atoms with van der Waals surface area (Å²) >= 11 is 0. The van der Waals surface area contributed by atoms with Gasteiger partial charge in [-0.25, -0.2) is 4.79 Å². The molecule has 8 heterocycles. The van der Waals surface area contributed by atoms with Crippen molar-refractivity contribution in [2.45, 2.75) is 360 Å². The number of carboxylic acids is 1. The van der Waals surface area contributed by atoms with Gasteiger partial charge in [-0.05, 0) is 124 Å². The molecule has 20 N–H and O–H groups in total. The van der Waals surface area contributed by atoms with Crippen LogP contribution in [-0.4, -0.2) is 380 Å². The highest BCUT2D eigenvalue weighted by Gasteiger charge is 2.72. The Hall–Kier alpha value is -3.01. The number of aliphatic carboxylic acids is 1. The number of fused-ring (bicyclic) bond motifs is 7. The molecule has 5 aliphatic carbocycles. The van der Waals surface area contributed by atoms with Crippen LogP contribution in [0.1, 0.15) is 127 Å². The Morgan fingerprint density at radius 3 is 1.55 bits per heavy atom. The third kappa shape index (κ3) is 15.5. The van der Waals surface area contributed by atoms with E-state index in [0.717, 1.165) is 11.9 Å². The number of hydrogen-bond donors (Lipinski definition) is 20. The summed E-state index contributed by atoms with van der Waals surface area (Å²) in [5.41, 5.74) is -3.81. The predicted molar refractivity (Wildman–Crippen MR) is 372 cm³/mol. The van der Waals surface area contributed by atoms with E-state index in [4.69, 9.17) is 75.8 Å². The summed E-state index contributed by atoms with van der Waals surface area (Å²) in [5, 5.41) is 220. The molecule has 46 atom stereocenters. The molecule has 8 aliphatic heterocycles. The fourth-order valence-electron chi connectivity index (χ4n) is 21.3. The zero-order chi connectivity index (χ0) is 83.0. The Balaban J connectivity index is 0.756. The molecule has 12 fully saturated rings. The standard InChI is InChI=1S/C75H118O39/c1-26-38(81)42(85)47(90)64(102-26)108-54-28(3)104-67(58(50(54)93)112-65-49(92)44(87)53(27(2)103-65)107-63-52(95)55(33(80)24-101-63)109-61-45(88)39(82)31(78)22-99-61)114-69(98)75-18-16-70(4,5)20-30(75)29-10-11-36-71(6)14-13-37(72(7,25-77)35(71)12-15-74(36,9)73(29,8)17-19-75)106-68-59(113-66-48(91)43(86)41(84)34(21-76)105-66)56(51(94)57(111-68)60(96)97)110-62-46(89)40(83)32(79)23-100-62/h10,25-28,30-59,61-68,76,78-95H,11-24H2,1-9H3,(H,96,97)/t26-,27+,28-,30+,31-,32-,33-,34-,35-,36-,37+,38-,39+,40+,41+,42+,43+,44+,45-,46-,47-,48-,49-,50+,51+,52-,53+,54+,55+,56+,57+,58-,59-,61+,62+,63+,64+,65+,66+,67+,68-,71+,72+,73-,74-,75+/m1/s1. The number of aliphatic hydroxyl groups excluding tert-OH is 19. The molecule has 0 amide bonds. The van der Waals surface area contributed by atoms with Gasteiger partial charge in [0.15, 0.2) is 56.2 Å². The number of hydrogen-bond acceptors (Lipinski definition) is 38. The van der Waals surface area contributed by atoms with Crippen molar-refractivity contribution >= 4 is 18.2 Å². The first-order valence-electron chi connectivity index (χ1n) is 39.7. The van der Waals surface area contributed by atoms with Crippen LogP contribution in [0.5, 0.6) is 0 Å². The Labute approximate surface area is 656 Å². The smallest absolute Gasteiger partial charge is 0.335 e. The molecular formula is C75H118O39. The summed E-state index contributed by atoms with van der Waals surface area (Å²) in [4.78, 5) is 43.5. The molecule has 8 saturated heterocycles. The molecule has 0 radical (unpaired) electrons. The van der Waals surface area contributed by atoms with Crippen LogP contribution in [0.3, 0.4) is 0 Å². The summed E-state index contributed by atoms with van der Waals surface area (Å²) < 4.78 is 96.8. The van der Waals surface area contributed by atoms with Crippen LogP contribution in [0.15, 0.2) is 11.6 Å². The zero-order valence-corrected chi connectivity index (χ0v) is 64.9. The summed E-state index contributed by atoms with van der Waals surface area (Å²) in [7, 11) is 0. The van der Waals surface area contributed by atoms with E-state index in [1.807, 2.05) is 0 Å². The van der Waals surface area contributed by atoms with E-state index in [9.17, 15) is 112 Å². The lowest BCUT2D eigenvalue weighted by molar-refractivity contribution is -0.391. The minimum atomic E-state index is -2.22. The lowest BCUT2D eigenvalue weighted by Crippen LogP contribution is -2.69. The monoisotopic (exact) mass is 1640 g/mol. The molecule has 0 unspecified atom stereocenters. The number of carbonyl (C=O) groups is 3. The van der Waals surface area contributed by atoms with Crippen LogP contribution < -0.4 is 0 Å². The van der Waals surface area contributed by atoms with Crippen molar-refractivity contribution < 1.29 is 192 Å². The van der Waals surface area contributed by atoms with Gasteiger partial charge in [-0.3, -0.25) is 4.79 Å². The summed E-state index contributed by atoms with van der Waals surface area (Å²) in [6, 6.07) is 0. The van der Waals surface area contributed by atoms with Crippen molar-refractivity contribution in [3.63, 3.8) is 0 Å². The Kier molecular flexibility index (Phi) is 26.2. The largest absolute Gasteiger partial charge is 0.479 e. The molecule has 652 valence electrons. The highest BCUT2D eigenvalue weighted by atomic mass is 16.8. The van der Waals surface area contributed by atoms with Gasteiger partial charge in [0, 0.05) is 0 Å². The zero-order valence-electron chi connectivity index (χ0n) is 64.9. The number of ether oxygens (including phenoxy) is 16. The first-order valence-corrected chi connectivity index (χ1v) is 39.7. The van der Waals surface area contributed by atoms with Gasteiger partial charge in [-0.1, -0.05) is 53.2 Å². The number of carbonyl (C=O) groups excluding carboxylic acids is 2. The molecule has 4 saturated carbocycles. The number of aldehydes is 1. The van der Waals surface area contributed by atoms with Gasteiger partial charge >= 0.3 is 11.9 Å². The van der Waals surface area contributed by atoms with E-state index >= 15 is 4.79 Å². The first-order chi connectivity index (χ1) is 53.5. The van der Waals surface area contributed by atoms with Crippen molar-refractivity contribution in [1.29, 1.82) is 0 Å². The van der Waals surface area contributed by atoms with Crippen LogP contribution in [0.2, 0.25) is 0 Å². The van der Waals surface area contributed by atoms with Gasteiger partial charge in [-0.2, -0.15) is 0 Å². The molecule has 0 aromatic carbocycles. The second-order valence-electron chi connectivity index (χ2n) is 35.8. The maximum absolute atomic E-state index is 16.1. The predicted octanol–water partition coefficient (Wildman–Crippen LogP) is -6.47. The Bertz CT molecular complexity index is 3360. The third-order valence-electron chi connectivity index (χ3n) is 28.5. The molecule has 13 aliphatic rings. The number of rotatable bonds is 19. The minimum Gasteiger partial charge on any atom is -0.479 e. The Morgan fingerprint density at radius 2 is 0.947 bits per heavy atom. The fourth-order valence-corrected chi connectivity index (χ4v) is 21.3. The number of aliphatic hydroxyl groups is 19. The molecule has 0 bridgehead atoms. The van der Waals surface area contributed by atoms with Crippen molar-refractivity contribution in [1.82, 2.24) is 0 Å². The van der Waals surface area contributed by atoms with Crippen molar-refractivity contribution in [3.8, 4) is 0 Å². The van der Waals surface area contributed by atoms with Gasteiger partial charge in [0.05, 0.1) is 61.7 Å². The summed E-state index contributed by atoms with van der Waals surface area (Å²) in [6.07, 6.45) is -59.8. The number of esters is 1. The first kappa shape index (κ1) is 88.8. The van der Waals surface area contributed by atoms with Crippen LogP contribution >= 0.6 is 0 Å². The second kappa shape index (κ2) is 33.7. The molecular weight excluding hydrogens is 1520 g/mol. The van der Waals surface area contributed by atoms with E-state index in [0.29, 0.717) is 51.4 Å². The molecule has 0 aromatic heterocycles. The highest BCUT2D eigenvalue weighted by Crippen LogP contribution is 2.76. The van der Waals surface area contributed by atoms with E-state index in [-0.39, 0.29) is 24.2 Å². The molecule has 0 spiro atoms. The van der Waals surface area contributed by atoms with Gasteiger partial charge in [0.25, 0.3) is 0 Å². The summed E-state index contributed by atoms with van der Waals surface area (Å²) in [6.45, 7) is 14.4. The van der Waals surface area contributed by atoms with Crippen LogP contribution in [0, 0.1) is 50.2 Å². The quantitative estimate of drug-likeness (QED) is 0.0247. The fraction of sp³-hybridized carbons (Fsp3) is 0.933. The molecule has 13 rings (SSSR count). The van der Waals surface area contributed by atoms with E-state index in [1.165, 1.54) is 20.8 Å². The average Bonchev–Trinajstić information content (AvgIpc) is 0.673. The normalized spacial score (nSPS) is 55.1. The van der Waals surface area contributed by atoms with Gasteiger partial charge in [0.2, 0.25) is 6.29 Å². The van der Waals surface area contributed by atoms with Crippen LogP contribution in [0.4, 0.5) is 0 Å². The molecule has 39 heteroatoms. The number of allylic oxidation sites excluding steroid dienone is 2. The van der Waals surface area contributed by atoms with Gasteiger partial charge < -0.3 is 183 Å². The van der Waals surface area contributed by atoms with Gasteiger partial charge in [0.1, 0.15) is 153 Å². The van der Waals surface area contributed by atoms with Crippen molar-refractivity contribution in [3.05, 3.63) is 11.6 Å². The minimum absolute atomic E-state index is 0.120. The third-order valence-corrected chi connectivity index (χ3v) is 28.5. The lowest BCUT2D eigenvalue weighted by Gasteiger charge is -2.71.